The molecular weight excluding hydrogens is 364 g/mol. The van der Waals surface area contributed by atoms with Gasteiger partial charge in [0.2, 0.25) is 0 Å². The smallest absolute Gasteiger partial charge is 0.876 e. The third-order valence-corrected chi connectivity index (χ3v) is 3.73. The Kier molecular flexibility index (Phi) is 9.29. The van der Waals surface area contributed by atoms with Crippen molar-refractivity contribution in [2.24, 2.45) is 0 Å². The summed E-state index contributed by atoms with van der Waals surface area (Å²) >= 11 is 0. The van der Waals surface area contributed by atoms with Gasteiger partial charge in [0.25, 0.3) is 0 Å². The van der Waals surface area contributed by atoms with E-state index >= 15 is 0 Å². The number of rotatable bonds is 3. The van der Waals surface area contributed by atoms with Gasteiger partial charge in [-0.1, -0.05) is 91.9 Å². The maximum Gasteiger partial charge on any atom is 2.00 e. The standard InChI is InChI=1S/C13H12O.C10H12O.Fe/c14-13(12-8-4-5-9-12)10-11-6-2-1-3-7-11;1-8(7-9(2)11)10-5-3-4-6-10;/h1-9,14H,10H2;3-7,11H,1-2H3;/q;;+2/p-2. The predicted octanol–water partition coefficient (Wildman–Crippen LogP) is 3.66. The molecule has 0 radical (unpaired) electrons. The molecule has 0 aliphatic heterocycles. The molecule has 1 aromatic rings. The first-order valence-corrected chi connectivity index (χ1v) is 8.26. The number of hydrogen-bond donors (Lipinski definition) is 0. The van der Waals surface area contributed by atoms with Crippen molar-refractivity contribution in [3.63, 3.8) is 0 Å². The molecule has 3 heteroatoms. The Morgan fingerprint density at radius 3 is 1.81 bits per heavy atom. The summed E-state index contributed by atoms with van der Waals surface area (Å²) in [4.78, 5) is 0. The monoisotopic (exact) mass is 386 g/mol. The number of benzene rings is 1. The predicted molar refractivity (Wildman–Crippen MR) is 100 cm³/mol. The van der Waals surface area contributed by atoms with Gasteiger partial charge in [0, 0.05) is 0 Å². The largest absolute Gasteiger partial charge is 2.00 e. The van der Waals surface area contributed by atoms with Gasteiger partial charge in [0.05, 0.1) is 0 Å². The van der Waals surface area contributed by atoms with Crippen LogP contribution in [0.25, 0.3) is 0 Å². The molecule has 134 valence electrons. The third-order valence-electron chi connectivity index (χ3n) is 3.73. The molecule has 0 saturated carbocycles. The van der Waals surface area contributed by atoms with Gasteiger partial charge >= 0.3 is 17.1 Å². The van der Waals surface area contributed by atoms with Crippen LogP contribution in [0.3, 0.4) is 0 Å². The van der Waals surface area contributed by atoms with Crippen molar-refractivity contribution in [1.82, 2.24) is 0 Å². The normalized spacial score (nSPS) is 14.2. The molecule has 0 saturated heterocycles. The number of allylic oxidation sites excluding steroid dienone is 14. The summed E-state index contributed by atoms with van der Waals surface area (Å²) in [5.74, 6) is 0.282. The van der Waals surface area contributed by atoms with Crippen molar-refractivity contribution in [2.75, 3.05) is 0 Å². The average molecular weight is 386 g/mol. The van der Waals surface area contributed by atoms with Crippen molar-refractivity contribution in [1.29, 1.82) is 0 Å². The zero-order chi connectivity index (χ0) is 18.1. The van der Waals surface area contributed by atoms with Crippen LogP contribution in [0.4, 0.5) is 0 Å². The molecule has 1 aromatic carbocycles. The van der Waals surface area contributed by atoms with Gasteiger partial charge < -0.3 is 10.2 Å². The van der Waals surface area contributed by atoms with E-state index in [9.17, 15) is 10.2 Å². The van der Waals surface area contributed by atoms with E-state index in [1.165, 1.54) is 0 Å². The molecule has 2 aliphatic carbocycles. The molecule has 0 unspecified atom stereocenters. The summed E-state index contributed by atoms with van der Waals surface area (Å²) in [7, 11) is 0. The van der Waals surface area contributed by atoms with E-state index in [-0.39, 0.29) is 28.6 Å². The Hall–Kier alpha value is -2.48. The van der Waals surface area contributed by atoms with Crippen molar-refractivity contribution >= 4 is 0 Å². The van der Waals surface area contributed by atoms with Crippen LogP contribution >= 0.6 is 0 Å². The summed E-state index contributed by atoms with van der Waals surface area (Å²) in [5, 5.41) is 22.3. The zero-order valence-corrected chi connectivity index (χ0v) is 16.1. The van der Waals surface area contributed by atoms with Crippen LogP contribution in [0.5, 0.6) is 0 Å². The Balaban J connectivity index is 0.000000258. The van der Waals surface area contributed by atoms with E-state index < -0.39 is 0 Å². The molecule has 0 heterocycles. The molecule has 0 bridgehead atoms. The van der Waals surface area contributed by atoms with E-state index in [1.807, 2.05) is 85.9 Å². The first kappa shape index (κ1) is 21.6. The maximum atomic E-state index is 11.7. The Labute approximate surface area is 166 Å². The molecule has 0 amide bonds. The van der Waals surface area contributed by atoms with Crippen molar-refractivity contribution in [3.05, 3.63) is 119 Å². The quantitative estimate of drug-likeness (QED) is 0.588. The van der Waals surface area contributed by atoms with Crippen molar-refractivity contribution in [3.8, 4) is 0 Å². The van der Waals surface area contributed by atoms with Crippen LogP contribution in [0.2, 0.25) is 0 Å². The SMILES string of the molecule is CC([O-])=CC(C)=C1C=CC=C1.[Fe+2].[O-]C(Cc1ccccc1)=C1C=CC=C1. The second kappa shape index (κ2) is 11.2. The molecule has 0 atom stereocenters. The van der Waals surface area contributed by atoms with Gasteiger partial charge in [-0.25, -0.2) is 0 Å². The van der Waals surface area contributed by atoms with Crippen LogP contribution in [-0.4, -0.2) is 0 Å². The van der Waals surface area contributed by atoms with Crippen LogP contribution in [-0.2, 0) is 23.5 Å². The van der Waals surface area contributed by atoms with Crippen LogP contribution in [0, 0.1) is 0 Å². The average Bonchev–Trinajstić information content (AvgIpc) is 3.30. The fourth-order valence-corrected chi connectivity index (χ4v) is 2.47. The van der Waals surface area contributed by atoms with E-state index in [0.717, 1.165) is 22.3 Å². The molecule has 3 rings (SSSR count). The molecule has 0 aromatic heterocycles. The van der Waals surface area contributed by atoms with Gasteiger partial charge in [-0.15, -0.1) is 11.5 Å². The molecule has 26 heavy (non-hydrogen) atoms. The Bertz CT molecular complexity index is 772. The first-order chi connectivity index (χ1) is 12.1. The van der Waals surface area contributed by atoms with Crippen molar-refractivity contribution in [2.45, 2.75) is 20.3 Å². The van der Waals surface area contributed by atoms with E-state index in [1.54, 1.807) is 13.0 Å². The van der Waals surface area contributed by atoms with Gasteiger partial charge in [0.15, 0.2) is 0 Å². The van der Waals surface area contributed by atoms with Gasteiger partial charge in [-0.05, 0) is 35.6 Å². The fourth-order valence-electron chi connectivity index (χ4n) is 2.47. The fraction of sp³-hybridized carbons (Fsp3) is 0.130. The summed E-state index contributed by atoms with van der Waals surface area (Å²) in [5.41, 5.74) is 4.02. The van der Waals surface area contributed by atoms with Crippen LogP contribution in [0.15, 0.2) is 113 Å². The molecular formula is C23H22FeO2. The van der Waals surface area contributed by atoms with E-state index in [4.69, 9.17) is 0 Å². The molecule has 2 nitrogen and oxygen atoms in total. The topological polar surface area (TPSA) is 46.1 Å². The van der Waals surface area contributed by atoms with Crippen molar-refractivity contribution < 1.29 is 27.3 Å². The Morgan fingerprint density at radius 2 is 1.31 bits per heavy atom. The van der Waals surface area contributed by atoms with Gasteiger partial charge in [-0.3, -0.25) is 0 Å². The molecule has 0 N–H and O–H groups in total. The van der Waals surface area contributed by atoms with E-state index in [0.29, 0.717) is 6.42 Å². The summed E-state index contributed by atoms with van der Waals surface area (Å²) in [6.45, 7) is 3.50. The summed E-state index contributed by atoms with van der Waals surface area (Å²) < 4.78 is 0. The summed E-state index contributed by atoms with van der Waals surface area (Å²) in [6.07, 6.45) is 17.5. The second-order valence-corrected chi connectivity index (χ2v) is 5.87. The minimum absolute atomic E-state index is 0. The maximum absolute atomic E-state index is 11.7. The molecule has 0 spiro atoms. The summed E-state index contributed by atoms with van der Waals surface area (Å²) in [6, 6.07) is 9.80. The minimum Gasteiger partial charge on any atom is -0.876 e. The number of hydrogen-bond acceptors (Lipinski definition) is 2. The van der Waals surface area contributed by atoms with Crippen LogP contribution < -0.4 is 10.2 Å². The zero-order valence-electron chi connectivity index (χ0n) is 15.0. The first-order valence-electron chi connectivity index (χ1n) is 8.26. The van der Waals surface area contributed by atoms with Gasteiger partial charge in [-0.2, -0.15) is 0 Å². The molecule has 0 fully saturated rings. The van der Waals surface area contributed by atoms with Crippen LogP contribution in [0.1, 0.15) is 19.4 Å². The Morgan fingerprint density at radius 1 is 0.808 bits per heavy atom. The molecule has 2 aliphatic rings. The van der Waals surface area contributed by atoms with Gasteiger partial charge in [0.1, 0.15) is 0 Å². The second-order valence-electron chi connectivity index (χ2n) is 5.87. The van der Waals surface area contributed by atoms with E-state index in [2.05, 4.69) is 0 Å². The third kappa shape index (κ3) is 7.18. The minimum atomic E-state index is 0.